The van der Waals surface area contributed by atoms with Crippen LogP contribution in [-0.4, -0.2) is 64.7 Å². The molecule has 0 unspecified atom stereocenters. The minimum atomic E-state index is -4.51. The lowest BCUT2D eigenvalue weighted by atomic mass is 10.0. The monoisotopic (exact) mass is 506 g/mol. The first-order chi connectivity index (χ1) is 16.8. The lowest BCUT2D eigenvalue weighted by Crippen LogP contribution is -2.37. The van der Waals surface area contributed by atoms with Gasteiger partial charge in [-0.05, 0) is 36.6 Å². The molecule has 0 saturated carbocycles. The normalized spacial score (nSPS) is 17.1. The standard InChI is InChI=1S/C24H25F3N4O3S/c25-24(26,27)17-4-1-3-16(13-17)22(32)30-8-5-18-19(14-30)35-21-20(18)23(33)31(15-28-21)7-2-6-29-9-11-34-12-10-29/h1,3-4,13,15H,2,5-12,14H2. The number of thiophene rings is 1. The Morgan fingerprint density at radius 1 is 1.14 bits per heavy atom. The molecule has 1 fully saturated rings. The molecule has 0 radical (unpaired) electrons. The summed E-state index contributed by atoms with van der Waals surface area (Å²) in [7, 11) is 0. The van der Waals surface area contributed by atoms with E-state index in [9.17, 15) is 22.8 Å². The molecule has 0 spiro atoms. The van der Waals surface area contributed by atoms with Crippen LogP contribution in [0.15, 0.2) is 35.4 Å². The molecule has 2 aliphatic heterocycles. The van der Waals surface area contributed by atoms with E-state index in [1.807, 2.05) is 0 Å². The van der Waals surface area contributed by atoms with Crippen molar-refractivity contribution in [3.8, 4) is 0 Å². The van der Waals surface area contributed by atoms with Crippen molar-refractivity contribution in [3.05, 3.63) is 62.5 Å². The maximum absolute atomic E-state index is 13.2. The van der Waals surface area contributed by atoms with Crippen molar-refractivity contribution < 1.29 is 22.7 Å². The first-order valence-electron chi connectivity index (χ1n) is 11.6. The molecule has 0 aliphatic carbocycles. The van der Waals surface area contributed by atoms with Crippen LogP contribution in [0, 0.1) is 0 Å². The Hall–Kier alpha value is -2.76. The highest BCUT2D eigenvalue weighted by molar-refractivity contribution is 7.18. The molecule has 186 valence electrons. The predicted octanol–water partition coefficient (Wildman–Crippen LogP) is 3.40. The number of carbonyl (C=O) groups is 1. The summed E-state index contributed by atoms with van der Waals surface area (Å²) in [4.78, 5) is 36.0. The van der Waals surface area contributed by atoms with Gasteiger partial charge in [-0.3, -0.25) is 19.1 Å². The molecule has 2 aromatic heterocycles. The topological polar surface area (TPSA) is 67.7 Å². The van der Waals surface area contributed by atoms with Crippen molar-refractivity contribution in [2.45, 2.75) is 32.1 Å². The van der Waals surface area contributed by atoms with E-state index in [2.05, 4.69) is 9.88 Å². The number of benzene rings is 1. The van der Waals surface area contributed by atoms with Crippen LogP contribution >= 0.6 is 11.3 Å². The number of rotatable bonds is 5. The van der Waals surface area contributed by atoms with Crippen LogP contribution in [-0.2, 0) is 30.4 Å². The van der Waals surface area contributed by atoms with E-state index in [1.165, 1.54) is 28.4 Å². The van der Waals surface area contributed by atoms with Crippen LogP contribution in [0.4, 0.5) is 13.2 Å². The predicted molar refractivity (Wildman–Crippen MR) is 126 cm³/mol. The summed E-state index contributed by atoms with van der Waals surface area (Å²) in [5, 5.41) is 0.602. The number of alkyl halides is 3. The summed E-state index contributed by atoms with van der Waals surface area (Å²) in [6.07, 6.45) is -1.63. The largest absolute Gasteiger partial charge is 0.416 e. The van der Waals surface area contributed by atoms with Gasteiger partial charge in [-0.15, -0.1) is 11.3 Å². The Morgan fingerprint density at radius 3 is 2.71 bits per heavy atom. The fraction of sp³-hybridized carbons (Fsp3) is 0.458. The van der Waals surface area contributed by atoms with E-state index in [0.717, 1.165) is 61.8 Å². The van der Waals surface area contributed by atoms with Crippen LogP contribution < -0.4 is 5.56 Å². The Kier molecular flexibility index (Phi) is 6.65. The highest BCUT2D eigenvalue weighted by atomic mass is 32.1. The second kappa shape index (κ2) is 9.71. The summed E-state index contributed by atoms with van der Waals surface area (Å²) < 4.78 is 46.2. The number of aromatic nitrogens is 2. The minimum Gasteiger partial charge on any atom is -0.379 e. The Labute approximate surface area is 203 Å². The third-order valence-corrected chi connectivity index (χ3v) is 7.65. The number of halogens is 3. The second-order valence-corrected chi connectivity index (χ2v) is 9.87. The van der Waals surface area contributed by atoms with Gasteiger partial charge in [-0.25, -0.2) is 4.98 Å². The fourth-order valence-electron chi connectivity index (χ4n) is 4.65. The average molecular weight is 507 g/mol. The number of ether oxygens (including phenoxy) is 1. The summed E-state index contributed by atoms with van der Waals surface area (Å²) in [6, 6.07) is 4.49. The molecule has 0 atom stereocenters. The fourth-order valence-corrected chi connectivity index (χ4v) is 5.85. The number of amides is 1. The van der Waals surface area contributed by atoms with Crippen molar-refractivity contribution in [1.29, 1.82) is 0 Å². The molecule has 2 aliphatic rings. The SMILES string of the molecule is O=C(c1cccc(C(F)(F)F)c1)N1CCc2c(sc3ncn(CCCN4CCOCC4)c(=O)c23)C1. The quantitative estimate of drug-likeness (QED) is 0.531. The molecule has 35 heavy (non-hydrogen) atoms. The lowest BCUT2D eigenvalue weighted by Gasteiger charge is -2.27. The van der Waals surface area contributed by atoms with Crippen LogP contribution in [0.1, 0.15) is 32.8 Å². The van der Waals surface area contributed by atoms with Gasteiger partial charge in [-0.2, -0.15) is 13.2 Å². The summed E-state index contributed by atoms with van der Waals surface area (Å²) in [5.74, 6) is -0.451. The summed E-state index contributed by atoms with van der Waals surface area (Å²) >= 11 is 1.37. The number of carbonyl (C=O) groups excluding carboxylic acids is 1. The van der Waals surface area contributed by atoms with Gasteiger partial charge in [0.2, 0.25) is 0 Å². The summed E-state index contributed by atoms with van der Waals surface area (Å²) in [5.41, 5.74) is -0.0170. The number of nitrogens with zero attached hydrogens (tertiary/aromatic N) is 4. The molecule has 1 amide bonds. The third kappa shape index (κ3) is 4.98. The zero-order valence-corrected chi connectivity index (χ0v) is 19.8. The zero-order chi connectivity index (χ0) is 24.6. The maximum Gasteiger partial charge on any atom is 0.416 e. The van der Waals surface area contributed by atoms with Crippen molar-refractivity contribution in [3.63, 3.8) is 0 Å². The lowest BCUT2D eigenvalue weighted by molar-refractivity contribution is -0.137. The van der Waals surface area contributed by atoms with Gasteiger partial charge in [0.15, 0.2) is 0 Å². The highest BCUT2D eigenvalue weighted by Crippen LogP contribution is 2.34. The molecular formula is C24H25F3N4O3S. The van der Waals surface area contributed by atoms with Crippen molar-refractivity contribution >= 4 is 27.5 Å². The number of aryl methyl sites for hydroxylation is 1. The van der Waals surface area contributed by atoms with Gasteiger partial charge in [0.25, 0.3) is 11.5 Å². The van der Waals surface area contributed by atoms with Gasteiger partial charge < -0.3 is 9.64 Å². The molecule has 3 aromatic rings. The Morgan fingerprint density at radius 2 is 1.94 bits per heavy atom. The molecular weight excluding hydrogens is 481 g/mol. The molecule has 0 N–H and O–H groups in total. The average Bonchev–Trinajstić information content (AvgIpc) is 3.24. The van der Waals surface area contributed by atoms with Crippen LogP contribution in [0.2, 0.25) is 0 Å². The first-order valence-corrected chi connectivity index (χ1v) is 12.4. The number of hydrogen-bond donors (Lipinski definition) is 0. The number of fused-ring (bicyclic) bond motifs is 3. The Bertz CT molecular complexity index is 1300. The van der Waals surface area contributed by atoms with E-state index in [-0.39, 0.29) is 17.7 Å². The van der Waals surface area contributed by atoms with Gasteiger partial charge in [0, 0.05) is 43.2 Å². The van der Waals surface area contributed by atoms with Crippen molar-refractivity contribution in [2.75, 3.05) is 39.4 Å². The molecule has 11 heteroatoms. The second-order valence-electron chi connectivity index (χ2n) is 8.79. The minimum absolute atomic E-state index is 0.00475. The molecule has 7 nitrogen and oxygen atoms in total. The maximum atomic E-state index is 13.2. The van der Waals surface area contributed by atoms with Gasteiger partial charge >= 0.3 is 6.18 Å². The van der Waals surface area contributed by atoms with Gasteiger partial charge in [0.1, 0.15) is 4.83 Å². The third-order valence-electron chi connectivity index (χ3n) is 6.53. The molecule has 5 rings (SSSR count). The molecule has 1 aromatic carbocycles. The highest BCUT2D eigenvalue weighted by Gasteiger charge is 2.32. The Balaban J connectivity index is 1.32. The summed E-state index contributed by atoms with van der Waals surface area (Å²) in [6.45, 7) is 5.33. The molecule has 0 bridgehead atoms. The molecule has 1 saturated heterocycles. The number of morpholine rings is 1. The zero-order valence-electron chi connectivity index (χ0n) is 19.0. The van der Waals surface area contributed by atoms with Crippen LogP contribution in [0.3, 0.4) is 0 Å². The van der Waals surface area contributed by atoms with Gasteiger partial charge in [0.05, 0.1) is 37.0 Å². The van der Waals surface area contributed by atoms with E-state index < -0.39 is 17.6 Å². The van der Waals surface area contributed by atoms with Crippen LogP contribution in [0.5, 0.6) is 0 Å². The van der Waals surface area contributed by atoms with E-state index in [4.69, 9.17) is 4.74 Å². The van der Waals surface area contributed by atoms with E-state index >= 15 is 0 Å². The smallest absolute Gasteiger partial charge is 0.379 e. The van der Waals surface area contributed by atoms with E-state index in [0.29, 0.717) is 29.7 Å². The van der Waals surface area contributed by atoms with Crippen molar-refractivity contribution in [2.24, 2.45) is 0 Å². The van der Waals surface area contributed by atoms with Crippen LogP contribution in [0.25, 0.3) is 10.2 Å². The molecule has 4 heterocycles. The number of hydrogen-bond acceptors (Lipinski definition) is 6. The van der Waals surface area contributed by atoms with Crippen molar-refractivity contribution in [1.82, 2.24) is 19.4 Å². The van der Waals surface area contributed by atoms with Gasteiger partial charge in [-0.1, -0.05) is 6.07 Å². The first kappa shape index (κ1) is 24.0. The van der Waals surface area contributed by atoms with E-state index in [1.54, 1.807) is 10.9 Å².